The molecule has 3 atom stereocenters. The van der Waals surface area contributed by atoms with E-state index in [1.165, 1.54) is 11.0 Å². The number of aliphatic hydroxyl groups excluding tert-OH is 2. The molecule has 0 fully saturated rings. The number of aryl methyl sites for hydroxylation is 1. The van der Waals surface area contributed by atoms with Crippen molar-refractivity contribution in [3.8, 4) is 5.75 Å². The van der Waals surface area contributed by atoms with Gasteiger partial charge in [0, 0.05) is 30.5 Å². The lowest BCUT2D eigenvalue weighted by molar-refractivity contribution is -0.118. The Balaban J connectivity index is 1.58. The highest BCUT2D eigenvalue weighted by atomic mass is 127. The lowest BCUT2D eigenvalue weighted by Gasteiger charge is -2.40. The third-order valence-electron chi connectivity index (χ3n) is 7.32. The molecule has 5 rings (SSSR count). The topological polar surface area (TPSA) is 129 Å². The first kappa shape index (κ1) is 30.5. The zero-order valence-corrected chi connectivity index (χ0v) is 25.6. The van der Waals surface area contributed by atoms with Crippen LogP contribution in [0.4, 0.5) is 0 Å². The van der Waals surface area contributed by atoms with E-state index in [1.807, 2.05) is 43.3 Å². The van der Waals surface area contributed by atoms with Crippen LogP contribution in [-0.4, -0.2) is 58.3 Å². The Kier molecular flexibility index (Phi) is 9.59. The summed E-state index contributed by atoms with van der Waals surface area (Å²) in [6.07, 6.45) is -0.713. The number of carbonyl (C=O) groups excluding carboxylic acids is 2. The molecule has 4 aromatic rings. The quantitative estimate of drug-likeness (QED) is 0.179. The number of para-hydroxylation sites is 2. The molecule has 1 aliphatic rings. The molecule has 0 spiro atoms. The monoisotopic (exact) mass is 694 g/mol. The zero-order chi connectivity index (χ0) is 30.5. The number of rotatable bonds is 9. The van der Waals surface area contributed by atoms with Crippen molar-refractivity contribution in [3.63, 3.8) is 0 Å². The van der Waals surface area contributed by atoms with Gasteiger partial charge in [-0.3, -0.25) is 9.59 Å². The number of nitrogens with one attached hydrogen (secondary N) is 1. The second-order valence-electron chi connectivity index (χ2n) is 10.4. The molecular weight excluding hydrogens is 663 g/mol. The fourth-order valence-corrected chi connectivity index (χ4v) is 5.58. The number of amides is 2. The predicted molar refractivity (Wildman–Crippen MR) is 170 cm³/mol. The lowest BCUT2D eigenvalue weighted by Crippen LogP contribution is -2.55. The molecule has 0 bridgehead atoms. The minimum Gasteiger partial charge on any atom is -0.482 e. The van der Waals surface area contributed by atoms with Crippen molar-refractivity contribution >= 4 is 45.4 Å². The van der Waals surface area contributed by atoms with Crippen LogP contribution >= 0.6 is 22.6 Å². The number of hydrogen-bond acceptors (Lipinski definition) is 7. The minimum atomic E-state index is -1.26. The van der Waals surface area contributed by atoms with Gasteiger partial charge in [0.15, 0.2) is 0 Å². The predicted octanol–water partition coefficient (Wildman–Crippen LogP) is 3.96. The standard InChI is InChI=1S/C33H31IN2O7/c1-20-10-12-21(13-11-20)19-36(32(40)24-16-22-6-2-4-8-27(22)43-33(24)41)26-17-23(31(39)35-14-15-37)18-29(30(26)38)42-28-9-5-3-7-25(28)34/h2-13,16,18,26,29-30,37-38H,14-15,17,19H2,1H3,(H,35,39). The zero-order valence-electron chi connectivity index (χ0n) is 23.4. The normalized spacial score (nSPS) is 18.1. The van der Waals surface area contributed by atoms with Crippen LogP contribution in [0.25, 0.3) is 11.0 Å². The van der Waals surface area contributed by atoms with E-state index in [0.717, 1.165) is 14.7 Å². The molecule has 3 aromatic carbocycles. The van der Waals surface area contributed by atoms with Crippen molar-refractivity contribution in [1.82, 2.24) is 10.2 Å². The highest BCUT2D eigenvalue weighted by molar-refractivity contribution is 14.1. The molecule has 0 saturated heterocycles. The van der Waals surface area contributed by atoms with Gasteiger partial charge in [-0.15, -0.1) is 0 Å². The first-order chi connectivity index (χ1) is 20.7. The second kappa shape index (κ2) is 13.5. The fraction of sp³-hybridized carbons (Fsp3) is 0.242. The Hall–Kier alpha value is -4.00. The smallest absolute Gasteiger partial charge is 0.349 e. The summed E-state index contributed by atoms with van der Waals surface area (Å²) in [4.78, 5) is 41.9. The number of benzene rings is 3. The van der Waals surface area contributed by atoms with Gasteiger partial charge in [0.25, 0.3) is 5.91 Å². The Labute approximate surface area is 261 Å². The first-order valence-electron chi connectivity index (χ1n) is 13.8. The summed E-state index contributed by atoms with van der Waals surface area (Å²) in [7, 11) is 0. The van der Waals surface area contributed by atoms with E-state index in [0.29, 0.717) is 16.7 Å². The van der Waals surface area contributed by atoms with Crippen molar-refractivity contribution in [2.24, 2.45) is 0 Å². The summed E-state index contributed by atoms with van der Waals surface area (Å²) in [6, 6.07) is 22.3. The van der Waals surface area contributed by atoms with Gasteiger partial charge in [0.05, 0.1) is 16.2 Å². The molecule has 3 N–H and O–H groups in total. The van der Waals surface area contributed by atoms with Crippen LogP contribution in [0.3, 0.4) is 0 Å². The summed E-state index contributed by atoms with van der Waals surface area (Å²) in [6.45, 7) is 1.79. The maximum absolute atomic E-state index is 14.3. The fourth-order valence-electron chi connectivity index (χ4n) is 5.06. The number of nitrogens with zero attached hydrogens (tertiary/aromatic N) is 1. The third kappa shape index (κ3) is 6.98. The van der Waals surface area contributed by atoms with E-state index in [1.54, 1.807) is 42.5 Å². The summed E-state index contributed by atoms with van der Waals surface area (Å²) in [5, 5.41) is 24.2. The molecular formula is C33H31IN2O7. The number of carbonyl (C=O) groups is 2. The van der Waals surface area contributed by atoms with Crippen LogP contribution < -0.4 is 15.7 Å². The van der Waals surface area contributed by atoms with Crippen molar-refractivity contribution < 1.29 is 29.0 Å². The van der Waals surface area contributed by atoms with Gasteiger partial charge in [0.2, 0.25) is 5.91 Å². The summed E-state index contributed by atoms with van der Waals surface area (Å²) in [5.41, 5.74) is 1.45. The van der Waals surface area contributed by atoms with Crippen molar-refractivity contribution in [3.05, 3.63) is 121 Å². The Morgan fingerprint density at radius 1 is 1.07 bits per heavy atom. The van der Waals surface area contributed by atoms with Gasteiger partial charge in [-0.2, -0.15) is 0 Å². The van der Waals surface area contributed by atoms with Gasteiger partial charge in [-0.05, 0) is 65.4 Å². The van der Waals surface area contributed by atoms with Crippen LogP contribution in [0.15, 0.2) is 99.7 Å². The number of hydrogen-bond donors (Lipinski definition) is 3. The van der Waals surface area contributed by atoms with Gasteiger partial charge < -0.3 is 29.6 Å². The first-order valence-corrected chi connectivity index (χ1v) is 14.9. The van der Waals surface area contributed by atoms with Crippen LogP contribution in [0, 0.1) is 10.5 Å². The van der Waals surface area contributed by atoms with Crippen LogP contribution in [0.2, 0.25) is 0 Å². The number of ether oxygens (including phenoxy) is 1. The number of fused-ring (bicyclic) bond motifs is 1. The summed E-state index contributed by atoms with van der Waals surface area (Å²) >= 11 is 2.12. The lowest BCUT2D eigenvalue weighted by atomic mass is 9.87. The SMILES string of the molecule is Cc1ccc(CN(C(=O)c2cc3ccccc3oc2=O)C2CC(C(=O)NCCO)=CC(Oc3ccccc3I)C2O)cc1. The molecule has 2 amide bonds. The molecule has 1 aromatic heterocycles. The minimum absolute atomic E-state index is 0.0132. The number of halogens is 1. The number of aliphatic hydroxyl groups is 2. The molecule has 43 heavy (non-hydrogen) atoms. The Morgan fingerprint density at radius 2 is 1.79 bits per heavy atom. The average molecular weight is 695 g/mol. The van der Waals surface area contributed by atoms with Gasteiger partial charge >= 0.3 is 5.63 Å². The van der Waals surface area contributed by atoms with Crippen molar-refractivity contribution in [2.75, 3.05) is 13.2 Å². The van der Waals surface area contributed by atoms with Crippen LogP contribution in [0.1, 0.15) is 27.9 Å². The third-order valence-corrected chi connectivity index (χ3v) is 8.21. The highest BCUT2D eigenvalue weighted by Gasteiger charge is 2.41. The average Bonchev–Trinajstić information content (AvgIpc) is 3.01. The maximum atomic E-state index is 14.3. The van der Waals surface area contributed by atoms with E-state index in [2.05, 4.69) is 27.9 Å². The van der Waals surface area contributed by atoms with Gasteiger partial charge in [-0.1, -0.05) is 60.2 Å². The highest BCUT2D eigenvalue weighted by Crippen LogP contribution is 2.31. The molecule has 0 aliphatic heterocycles. The maximum Gasteiger partial charge on any atom is 0.349 e. The molecule has 9 nitrogen and oxygen atoms in total. The van der Waals surface area contributed by atoms with E-state index in [4.69, 9.17) is 9.15 Å². The van der Waals surface area contributed by atoms with E-state index in [-0.39, 0.29) is 37.3 Å². The molecule has 222 valence electrons. The molecule has 1 aliphatic carbocycles. The van der Waals surface area contributed by atoms with E-state index in [9.17, 15) is 24.6 Å². The van der Waals surface area contributed by atoms with E-state index < -0.39 is 35.7 Å². The Bertz CT molecular complexity index is 1720. The molecule has 3 unspecified atom stereocenters. The van der Waals surface area contributed by atoms with E-state index >= 15 is 0 Å². The largest absolute Gasteiger partial charge is 0.482 e. The second-order valence-corrected chi connectivity index (χ2v) is 11.5. The molecule has 0 radical (unpaired) electrons. The van der Waals surface area contributed by atoms with Crippen molar-refractivity contribution in [2.45, 2.75) is 38.1 Å². The molecule has 10 heteroatoms. The van der Waals surface area contributed by atoms with Crippen LogP contribution in [-0.2, 0) is 11.3 Å². The molecule has 0 saturated carbocycles. The van der Waals surface area contributed by atoms with Crippen LogP contribution in [0.5, 0.6) is 5.75 Å². The van der Waals surface area contributed by atoms with Gasteiger partial charge in [0.1, 0.15) is 29.1 Å². The molecule has 1 heterocycles. The summed E-state index contributed by atoms with van der Waals surface area (Å²) in [5.74, 6) is -0.588. The summed E-state index contributed by atoms with van der Waals surface area (Å²) < 4.78 is 12.5. The van der Waals surface area contributed by atoms with Gasteiger partial charge in [-0.25, -0.2) is 4.79 Å². The van der Waals surface area contributed by atoms with Crippen molar-refractivity contribution in [1.29, 1.82) is 0 Å². The Morgan fingerprint density at radius 3 is 2.53 bits per heavy atom.